The molecule has 6 heteroatoms. The van der Waals surface area contributed by atoms with Gasteiger partial charge in [0.25, 0.3) is 0 Å². The lowest BCUT2D eigenvalue weighted by atomic mass is 10.0. The minimum Gasteiger partial charge on any atom is -0.368 e. The Balaban J connectivity index is 1.58. The molecule has 2 aromatic rings. The summed E-state index contributed by atoms with van der Waals surface area (Å²) in [5, 5.41) is 25.1. The lowest BCUT2D eigenvalue weighted by Gasteiger charge is -2.35. The predicted molar refractivity (Wildman–Crippen MR) is 111 cm³/mol. The lowest BCUT2D eigenvalue weighted by Crippen LogP contribution is -2.51. The van der Waals surface area contributed by atoms with Crippen LogP contribution >= 0.6 is 0 Å². The third-order valence-corrected chi connectivity index (χ3v) is 4.89. The van der Waals surface area contributed by atoms with Gasteiger partial charge in [0.1, 0.15) is 6.07 Å². The van der Waals surface area contributed by atoms with Crippen molar-refractivity contribution in [1.29, 1.82) is 10.5 Å². The molecule has 0 radical (unpaired) electrons. The molecule has 3 rings (SSSR count). The van der Waals surface area contributed by atoms with E-state index < -0.39 is 0 Å². The van der Waals surface area contributed by atoms with Crippen molar-refractivity contribution in [2.75, 3.05) is 25.0 Å². The van der Waals surface area contributed by atoms with Gasteiger partial charge in [-0.15, -0.1) is 0 Å². The molecule has 1 atom stereocenters. The molecule has 0 saturated carbocycles. The number of nitrogens with zero attached hydrogens (tertiary/aromatic N) is 4. The molecule has 1 fully saturated rings. The molecule has 142 valence electrons. The number of nitrogens with one attached hydrogen (secondary N) is 2. The standard InChI is InChI=1S/C22H24N6/c1-25-22(26-15-18-10-8-17(13-23)9-11-18)27-20-6-4-12-28(16-20)21-7-3-2-5-19(21)14-24/h2-3,5,7-11,20H,4,6,12,15-16H2,1H3,(H2,25,26,27). The quantitative estimate of drug-likeness (QED) is 0.636. The number of piperidine rings is 1. The van der Waals surface area contributed by atoms with Crippen molar-refractivity contribution >= 4 is 11.6 Å². The van der Waals surface area contributed by atoms with Gasteiger partial charge < -0.3 is 15.5 Å². The molecule has 6 nitrogen and oxygen atoms in total. The third kappa shape index (κ3) is 4.81. The molecule has 1 aliphatic rings. The van der Waals surface area contributed by atoms with Crippen molar-refractivity contribution in [2.24, 2.45) is 4.99 Å². The van der Waals surface area contributed by atoms with Crippen LogP contribution in [0.3, 0.4) is 0 Å². The number of hydrogen-bond donors (Lipinski definition) is 2. The van der Waals surface area contributed by atoms with Crippen molar-refractivity contribution in [3.63, 3.8) is 0 Å². The monoisotopic (exact) mass is 372 g/mol. The van der Waals surface area contributed by atoms with Gasteiger partial charge in [-0.3, -0.25) is 4.99 Å². The van der Waals surface area contributed by atoms with Gasteiger partial charge in [0.15, 0.2) is 5.96 Å². The van der Waals surface area contributed by atoms with Crippen LogP contribution in [0.25, 0.3) is 0 Å². The first-order chi connectivity index (χ1) is 13.7. The van der Waals surface area contributed by atoms with Crippen LogP contribution in [0, 0.1) is 22.7 Å². The molecule has 0 amide bonds. The predicted octanol–water partition coefficient (Wildman–Crippen LogP) is 2.76. The van der Waals surface area contributed by atoms with Crippen molar-refractivity contribution in [3.05, 3.63) is 65.2 Å². The highest BCUT2D eigenvalue weighted by Crippen LogP contribution is 2.23. The maximum Gasteiger partial charge on any atom is 0.191 e. The number of rotatable bonds is 4. The minimum absolute atomic E-state index is 0.257. The Bertz CT molecular complexity index is 904. The number of guanidine groups is 1. The van der Waals surface area contributed by atoms with Gasteiger partial charge in [-0.2, -0.15) is 10.5 Å². The zero-order chi connectivity index (χ0) is 19.8. The second-order valence-corrected chi connectivity index (χ2v) is 6.79. The molecule has 0 aromatic heterocycles. The van der Waals surface area contributed by atoms with Crippen LogP contribution in [-0.2, 0) is 6.54 Å². The molecular weight excluding hydrogens is 348 g/mol. The molecular formula is C22H24N6. The van der Waals surface area contributed by atoms with Crippen LogP contribution in [0.1, 0.15) is 29.5 Å². The highest BCUT2D eigenvalue weighted by molar-refractivity contribution is 5.80. The maximum atomic E-state index is 9.37. The summed E-state index contributed by atoms with van der Waals surface area (Å²) in [6.07, 6.45) is 2.12. The number of benzene rings is 2. The highest BCUT2D eigenvalue weighted by atomic mass is 15.2. The molecule has 28 heavy (non-hydrogen) atoms. The van der Waals surface area contributed by atoms with Crippen molar-refractivity contribution < 1.29 is 0 Å². The Kier molecular flexibility index (Phi) is 6.49. The Hall–Kier alpha value is -3.51. The fourth-order valence-electron chi connectivity index (χ4n) is 3.43. The van der Waals surface area contributed by atoms with Gasteiger partial charge in [0, 0.05) is 32.7 Å². The van der Waals surface area contributed by atoms with Crippen molar-refractivity contribution in [2.45, 2.75) is 25.4 Å². The molecule has 1 heterocycles. The fourth-order valence-corrected chi connectivity index (χ4v) is 3.43. The Morgan fingerprint density at radius 3 is 2.64 bits per heavy atom. The largest absolute Gasteiger partial charge is 0.368 e. The van der Waals surface area contributed by atoms with Crippen LogP contribution < -0.4 is 15.5 Å². The molecule has 0 bridgehead atoms. The zero-order valence-corrected chi connectivity index (χ0v) is 16.0. The third-order valence-electron chi connectivity index (χ3n) is 4.89. The fraction of sp³-hybridized carbons (Fsp3) is 0.318. The van der Waals surface area contributed by atoms with E-state index in [0.29, 0.717) is 17.7 Å². The van der Waals surface area contributed by atoms with E-state index in [-0.39, 0.29) is 6.04 Å². The van der Waals surface area contributed by atoms with E-state index in [2.05, 4.69) is 32.7 Å². The van der Waals surface area contributed by atoms with Gasteiger partial charge >= 0.3 is 0 Å². The van der Waals surface area contributed by atoms with Gasteiger partial charge in [-0.1, -0.05) is 24.3 Å². The molecule has 1 saturated heterocycles. The number of nitriles is 2. The second-order valence-electron chi connectivity index (χ2n) is 6.79. The summed E-state index contributed by atoms with van der Waals surface area (Å²) in [4.78, 5) is 6.61. The zero-order valence-electron chi connectivity index (χ0n) is 16.0. The summed E-state index contributed by atoms with van der Waals surface area (Å²) >= 11 is 0. The molecule has 2 aromatic carbocycles. The smallest absolute Gasteiger partial charge is 0.191 e. The van der Waals surface area contributed by atoms with E-state index in [1.165, 1.54) is 0 Å². The average Bonchev–Trinajstić information content (AvgIpc) is 2.77. The summed E-state index contributed by atoms with van der Waals surface area (Å²) in [7, 11) is 1.76. The van der Waals surface area contributed by atoms with E-state index in [0.717, 1.165) is 43.1 Å². The number of hydrogen-bond acceptors (Lipinski definition) is 4. The molecule has 0 spiro atoms. The Morgan fingerprint density at radius 1 is 1.14 bits per heavy atom. The highest BCUT2D eigenvalue weighted by Gasteiger charge is 2.22. The number of aliphatic imine (C=N–C) groups is 1. The maximum absolute atomic E-state index is 9.37. The van der Waals surface area contributed by atoms with Gasteiger partial charge in [0.2, 0.25) is 0 Å². The first-order valence-electron chi connectivity index (χ1n) is 9.44. The van der Waals surface area contributed by atoms with Crippen molar-refractivity contribution in [1.82, 2.24) is 10.6 Å². The van der Waals surface area contributed by atoms with Gasteiger partial charge in [-0.25, -0.2) is 0 Å². The normalized spacial score (nSPS) is 16.8. The Labute approximate surface area is 166 Å². The van der Waals surface area contributed by atoms with Crippen molar-refractivity contribution in [3.8, 4) is 12.1 Å². The summed E-state index contributed by atoms with van der Waals surface area (Å²) in [6.45, 7) is 2.42. The summed E-state index contributed by atoms with van der Waals surface area (Å²) in [6, 6.07) is 20.0. The van der Waals surface area contributed by atoms with E-state index in [1.807, 2.05) is 48.5 Å². The summed E-state index contributed by atoms with van der Waals surface area (Å²) < 4.78 is 0. The van der Waals surface area contributed by atoms with Gasteiger partial charge in [0.05, 0.1) is 22.9 Å². The van der Waals surface area contributed by atoms with E-state index >= 15 is 0 Å². The first-order valence-corrected chi connectivity index (χ1v) is 9.44. The summed E-state index contributed by atoms with van der Waals surface area (Å²) in [5.74, 6) is 0.754. The van der Waals surface area contributed by atoms with Crippen LogP contribution in [0.4, 0.5) is 5.69 Å². The van der Waals surface area contributed by atoms with Crippen LogP contribution in [0.15, 0.2) is 53.5 Å². The minimum atomic E-state index is 0.257. The lowest BCUT2D eigenvalue weighted by molar-refractivity contribution is 0.468. The topological polar surface area (TPSA) is 87.2 Å². The first kappa shape index (κ1) is 19.3. The van der Waals surface area contributed by atoms with Crippen LogP contribution in [-0.4, -0.2) is 32.1 Å². The molecule has 1 aliphatic heterocycles. The Morgan fingerprint density at radius 2 is 1.93 bits per heavy atom. The number of anilines is 1. The molecule has 2 N–H and O–H groups in total. The van der Waals surface area contributed by atoms with E-state index in [1.54, 1.807) is 7.05 Å². The van der Waals surface area contributed by atoms with Crippen LogP contribution in [0.2, 0.25) is 0 Å². The van der Waals surface area contributed by atoms with Crippen LogP contribution in [0.5, 0.6) is 0 Å². The average molecular weight is 372 g/mol. The van der Waals surface area contributed by atoms with Gasteiger partial charge in [-0.05, 0) is 42.7 Å². The van der Waals surface area contributed by atoms with E-state index in [4.69, 9.17) is 5.26 Å². The van der Waals surface area contributed by atoms with E-state index in [9.17, 15) is 5.26 Å². The molecule has 0 aliphatic carbocycles. The SMILES string of the molecule is CN=C(NCc1ccc(C#N)cc1)NC1CCCN(c2ccccc2C#N)C1. The molecule has 1 unspecified atom stereocenters. The number of para-hydroxylation sites is 1. The summed E-state index contributed by atoms with van der Waals surface area (Å²) in [5.41, 5.74) is 3.46. The second kappa shape index (κ2) is 9.43.